The number of piperidine rings is 1. The van der Waals surface area contributed by atoms with E-state index in [1.807, 2.05) is 12.1 Å². The Morgan fingerprint density at radius 2 is 2.26 bits per heavy atom. The molecular formula is C14H19ClN2O2. The van der Waals surface area contributed by atoms with Crippen molar-refractivity contribution in [3.05, 3.63) is 28.8 Å². The molecule has 19 heavy (non-hydrogen) atoms. The zero-order chi connectivity index (χ0) is 14.0. The van der Waals surface area contributed by atoms with Crippen molar-refractivity contribution in [1.82, 2.24) is 0 Å². The molecule has 2 rings (SSSR count). The SMILES string of the molecule is CC1CCC(C(N)=O)CN1c1c(Cl)cccc1CO. The summed E-state index contributed by atoms with van der Waals surface area (Å²) in [5.41, 5.74) is 7.02. The lowest BCUT2D eigenvalue weighted by Gasteiger charge is -2.40. The Hall–Kier alpha value is -1.26. The van der Waals surface area contributed by atoms with Crippen molar-refractivity contribution in [2.45, 2.75) is 32.4 Å². The maximum atomic E-state index is 11.4. The Balaban J connectivity index is 2.36. The Bertz CT molecular complexity index is 479. The molecule has 3 N–H and O–H groups in total. The number of aliphatic hydroxyl groups excluding tert-OH is 1. The largest absolute Gasteiger partial charge is 0.392 e. The lowest BCUT2D eigenvalue weighted by Crippen LogP contribution is -2.46. The van der Waals surface area contributed by atoms with E-state index >= 15 is 0 Å². The topological polar surface area (TPSA) is 66.6 Å². The number of benzene rings is 1. The molecule has 0 spiro atoms. The molecule has 4 nitrogen and oxygen atoms in total. The molecule has 1 aliphatic rings. The fourth-order valence-corrected chi connectivity index (χ4v) is 2.96. The van der Waals surface area contributed by atoms with E-state index in [2.05, 4.69) is 11.8 Å². The molecule has 0 radical (unpaired) electrons. The summed E-state index contributed by atoms with van der Waals surface area (Å²) in [7, 11) is 0. The maximum Gasteiger partial charge on any atom is 0.222 e. The van der Waals surface area contributed by atoms with Crippen LogP contribution in [0.5, 0.6) is 0 Å². The Labute approximate surface area is 118 Å². The smallest absolute Gasteiger partial charge is 0.222 e. The number of nitrogens with zero attached hydrogens (tertiary/aromatic N) is 1. The second-order valence-electron chi connectivity index (χ2n) is 5.08. The minimum atomic E-state index is -0.269. The van der Waals surface area contributed by atoms with Crippen LogP contribution in [0.3, 0.4) is 0 Å². The van der Waals surface area contributed by atoms with Gasteiger partial charge in [-0.1, -0.05) is 23.7 Å². The molecule has 2 atom stereocenters. The van der Waals surface area contributed by atoms with E-state index in [9.17, 15) is 9.90 Å². The summed E-state index contributed by atoms with van der Waals surface area (Å²) in [6, 6.07) is 5.75. The van der Waals surface area contributed by atoms with Gasteiger partial charge in [-0.25, -0.2) is 0 Å². The van der Waals surface area contributed by atoms with Gasteiger partial charge in [0.2, 0.25) is 5.91 Å². The zero-order valence-corrected chi connectivity index (χ0v) is 11.7. The van der Waals surface area contributed by atoms with Crippen molar-refractivity contribution in [2.24, 2.45) is 11.7 Å². The van der Waals surface area contributed by atoms with Gasteiger partial charge in [-0.05, 0) is 25.8 Å². The number of halogens is 1. The van der Waals surface area contributed by atoms with E-state index in [0.29, 0.717) is 11.6 Å². The van der Waals surface area contributed by atoms with Crippen molar-refractivity contribution >= 4 is 23.2 Å². The molecule has 0 aromatic heterocycles. The molecule has 1 heterocycles. The van der Waals surface area contributed by atoms with Crippen LogP contribution in [0.1, 0.15) is 25.3 Å². The van der Waals surface area contributed by atoms with E-state index in [1.165, 1.54) is 0 Å². The van der Waals surface area contributed by atoms with Crippen LogP contribution in [0.15, 0.2) is 18.2 Å². The fraction of sp³-hybridized carbons (Fsp3) is 0.500. The molecule has 1 aliphatic heterocycles. The first-order valence-electron chi connectivity index (χ1n) is 6.48. The number of carbonyl (C=O) groups is 1. The number of primary amides is 1. The highest BCUT2D eigenvalue weighted by Gasteiger charge is 2.30. The third kappa shape index (κ3) is 2.85. The van der Waals surface area contributed by atoms with Crippen LogP contribution in [0.4, 0.5) is 5.69 Å². The van der Waals surface area contributed by atoms with Crippen molar-refractivity contribution in [2.75, 3.05) is 11.4 Å². The van der Waals surface area contributed by atoms with Crippen LogP contribution in [0, 0.1) is 5.92 Å². The maximum absolute atomic E-state index is 11.4. The summed E-state index contributed by atoms with van der Waals surface area (Å²) in [6.45, 7) is 2.59. The van der Waals surface area contributed by atoms with Crippen molar-refractivity contribution in [3.63, 3.8) is 0 Å². The summed E-state index contributed by atoms with van der Waals surface area (Å²) >= 11 is 6.27. The van der Waals surface area contributed by atoms with Crippen LogP contribution in [-0.2, 0) is 11.4 Å². The van der Waals surface area contributed by atoms with Gasteiger partial charge >= 0.3 is 0 Å². The van der Waals surface area contributed by atoms with Gasteiger partial charge in [0.15, 0.2) is 0 Å². The molecular weight excluding hydrogens is 264 g/mol. The Kier molecular flexibility index (Phi) is 4.32. The van der Waals surface area contributed by atoms with Gasteiger partial charge in [0.05, 0.1) is 23.2 Å². The first-order valence-corrected chi connectivity index (χ1v) is 6.86. The standard InChI is InChI=1S/C14H19ClN2O2/c1-9-5-6-10(14(16)19)7-17(9)13-11(8-18)3-2-4-12(13)15/h2-4,9-10,18H,5-8H2,1H3,(H2,16,19). The normalized spacial score (nSPS) is 23.4. The van der Waals surface area contributed by atoms with Crippen LogP contribution < -0.4 is 10.6 Å². The summed E-state index contributed by atoms with van der Waals surface area (Å²) in [5.74, 6) is -0.423. The summed E-state index contributed by atoms with van der Waals surface area (Å²) in [5, 5.41) is 10.1. The predicted molar refractivity (Wildman–Crippen MR) is 76.1 cm³/mol. The number of nitrogens with two attached hydrogens (primary N) is 1. The van der Waals surface area contributed by atoms with E-state index in [4.69, 9.17) is 17.3 Å². The predicted octanol–water partition coefficient (Wildman–Crippen LogP) is 1.92. The quantitative estimate of drug-likeness (QED) is 0.890. The van der Waals surface area contributed by atoms with Gasteiger partial charge < -0.3 is 15.7 Å². The number of hydrogen-bond acceptors (Lipinski definition) is 3. The van der Waals surface area contributed by atoms with Crippen LogP contribution in [-0.4, -0.2) is 23.6 Å². The monoisotopic (exact) mass is 282 g/mol. The second-order valence-corrected chi connectivity index (χ2v) is 5.49. The number of hydrogen-bond donors (Lipinski definition) is 2. The molecule has 0 bridgehead atoms. The van der Waals surface area contributed by atoms with Gasteiger partial charge in [0.25, 0.3) is 0 Å². The average Bonchev–Trinajstić information content (AvgIpc) is 2.39. The average molecular weight is 283 g/mol. The lowest BCUT2D eigenvalue weighted by molar-refractivity contribution is -0.122. The number of para-hydroxylation sites is 1. The summed E-state index contributed by atoms with van der Waals surface area (Å²) in [4.78, 5) is 13.5. The highest BCUT2D eigenvalue weighted by atomic mass is 35.5. The molecule has 1 saturated heterocycles. The van der Waals surface area contributed by atoms with Crippen molar-refractivity contribution < 1.29 is 9.90 Å². The van der Waals surface area contributed by atoms with Crippen molar-refractivity contribution in [1.29, 1.82) is 0 Å². The highest BCUT2D eigenvalue weighted by Crippen LogP contribution is 2.35. The zero-order valence-electron chi connectivity index (χ0n) is 11.0. The van der Waals surface area contributed by atoms with E-state index in [-0.39, 0.29) is 24.5 Å². The van der Waals surface area contributed by atoms with E-state index < -0.39 is 0 Å². The Morgan fingerprint density at radius 1 is 1.53 bits per heavy atom. The Morgan fingerprint density at radius 3 is 2.89 bits per heavy atom. The van der Waals surface area contributed by atoms with Gasteiger partial charge in [-0.15, -0.1) is 0 Å². The molecule has 0 aliphatic carbocycles. The molecule has 2 unspecified atom stereocenters. The molecule has 1 fully saturated rings. The number of carbonyl (C=O) groups excluding carboxylic acids is 1. The van der Waals surface area contributed by atoms with E-state index in [1.54, 1.807) is 6.07 Å². The molecule has 0 saturated carbocycles. The van der Waals surface area contributed by atoms with Gasteiger partial charge in [0.1, 0.15) is 0 Å². The van der Waals surface area contributed by atoms with E-state index in [0.717, 1.165) is 24.1 Å². The highest BCUT2D eigenvalue weighted by molar-refractivity contribution is 6.33. The fourth-order valence-electron chi connectivity index (χ4n) is 2.66. The second kappa shape index (κ2) is 5.80. The molecule has 104 valence electrons. The molecule has 5 heteroatoms. The molecule has 1 aromatic rings. The number of aliphatic hydroxyl groups is 1. The molecule has 1 amide bonds. The third-order valence-corrected chi connectivity index (χ3v) is 4.12. The van der Waals surface area contributed by atoms with Gasteiger partial charge in [0, 0.05) is 18.2 Å². The summed E-state index contributed by atoms with van der Waals surface area (Å²) in [6.07, 6.45) is 1.70. The number of amides is 1. The van der Waals surface area contributed by atoms with Crippen LogP contribution >= 0.6 is 11.6 Å². The van der Waals surface area contributed by atoms with Crippen molar-refractivity contribution in [3.8, 4) is 0 Å². The minimum Gasteiger partial charge on any atom is -0.392 e. The first-order chi connectivity index (χ1) is 9.04. The summed E-state index contributed by atoms with van der Waals surface area (Å²) < 4.78 is 0. The third-order valence-electron chi connectivity index (χ3n) is 3.81. The van der Waals surface area contributed by atoms with Crippen LogP contribution in [0.25, 0.3) is 0 Å². The number of anilines is 1. The van der Waals surface area contributed by atoms with Gasteiger partial charge in [-0.3, -0.25) is 4.79 Å². The van der Waals surface area contributed by atoms with Crippen LogP contribution in [0.2, 0.25) is 5.02 Å². The van der Waals surface area contributed by atoms with Gasteiger partial charge in [-0.2, -0.15) is 0 Å². The first kappa shape index (κ1) is 14.2. The minimum absolute atomic E-state index is 0.0691. The number of rotatable bonds is 3. The molecule has 1 aromatic carbocycles. The lowest BCUT2D eigenvalue weighted by atomic mass is 9.92.